The van der Waals surface area contributed by atoms with Crippen molar-refractivity contribution in [1.29, 1.82) is 0 Å². The van der Waals surface area contributed by atoms with Crippen LogP contribution in [-0.4, -0.2) is 25.7 Å². The molecule has 0 bridgehead atoms. The number of hydrogen-bond acceptors (Lipinski definition) is 2. The average molecular weight is 332 g/mol. The van der Waals surface area contributed by atoms with Gasteiger partial charge in [-0.25, -0.2) is 4.39 Å². The van der Waals surface area contributed by atoms with Crippen molar-refractivity contribution >= 4 is 21.8 Å². The van der Waals surface area contributed by atoms with E-state index in [2.05, 4.69) is 28.2 Å². The summed E-state index contributed by atoms with van der Waals surface area (Å²) in [5.41, 5.74) is 0.312. The molecule has 0 fully saturated rings. The summed E-state index contributed by atoms with van der Waals surface area (Å²) >= 11 is 3.07. The fraction of sp³-hybridized carbons (Fsp3) is 0.500. The van der Waals surface area contributed by atoms with E-state index in [-0.39, 0.29) is 10.4 Å². The Morgan fingerprint density at radius 2 is 2.11 bits per heavy atom. The smallest absolute Gasteiger partial charge is 0.252 e. The molecule has 0 saturated carbocycles. The lowest BCUT2D eigenvalue weighted by molar-refractivity contribution is 0.0939. The van der Waals surface area contributed by atoms with Gasteiger partial charge in [0.25, 0.3) is 5.91 Å². The van der Waals surface area contributed by atoms with Gasteiger partial charge in [-0.15, -0.1) is 0 Å². The van der Waals surface area contributed by atoms with Crippen molar-refractivity contribution in [3.05, 3.63) is 34.1 Å². The van der Waals surface area contributed by atoms with Crippen LogP contribution in [0.3, 0.4) is 0 Å². The van der Waals surface area contributed by atoms with E-state index < -0.39 is 5.82 Å². The van der Waals surface area contributed by atoms with E-state index in [0.717, 1.165) is 25.9 Å². The van der Waals surface area contributed by atoms with Crippen LogP contribution in [0.1, 0.15) is 36.5 Å². The lowest BCUT2D eigenvalue weighted by Gasteiger charge is -2.07. The first-order valence-corrected chi connectivity index (χ1v) is 7.26. The van der Waals surface area contributed by atoms with Crippen LogP contribution in [0.5, 0.6) is 0 Å². The Kier molecular flexibility index (Phi) is 7.67. The van der Waals surface area contributed by atoms with Gasteiger partial charge in [0.05, 0.1) is 10.0 Å². The molecule has 1 N–H and O–H groups in total. The molecule has 0 aromatic heterocycles. The number of hydrogen-bond donors (Lipinski definition) is 1. The molecule has 0 aliphatic carbocycles. The van der Waals surface area contributed by atoms with Crippen LogP contribution in [0.2, 0.25) is 0 Å². The highest BCUT2D eigenvalue weighted by atomic mass is 79.9. The largest absolute Gasteiger partial charge is 0.381 e. The van der Waals surface area contributed by atoms with E-state index >= 15 is 0 Å². The van der Waals surface area contributed by atoms with E-state index in [1.54, 1.807) is 6.07 Å². The molecule has 0 aliphatic rings. The SMILES string of the molecule is CCCCOCCCNC(=O)c1cccc(F)c1Br. The molecule has 5 heteroatoms. The minimum absolute atomic E-state index is 0.201. The minimum Gasteiger partial charge on any atom is -0.381 e. The third-order valence-corrected chi connectivity index (χ3v) is 3.40. The first-order chi connectivity index (χ1) is 9.16. The Hall–Kier alpha value is -0.940. The van der Waals surface area contributed by atoms with Gasteiger partial charge in [0.2, 0.25) is 0 Å². The second-order valence-electron chi connectivity index (χ2n) is 4.18. The number of ether oxygens (including phenoxy) is 1. The summed E-state index contributed by atoms with van der Waals surface area (Å²) in [6, 6.07) is 4.41. The average Bonchev–Trinajstić information content (AvgIpc) is 2.40. The molecule has 0 radical (unpaired) electrons. The summed E-state index contributed by atoms with van der Waals surface area (Å²) in [5, 5.41) is 2.74. The predicted molar refractivity (Wildman–Crippen MR) is 76.8 cm³/mol. The number of carbonyl (C=O) groups is 1. The molecule has 0 unspecified atom stereocenters. The number of unbranched alkanes of at least 4 members (excludes halogenated alkanes) is 1. The lowest BCUT2D eigenvalue weighted by Crippen LogP contribution is -2.25. The van der Waals surface area contributed by atoms with Crippen molar-refractivity contribution in [2.45, 2.75) is 26.2 Å². The second kappa shape index (κ2) is 9.04. The molecular weight excluding hydrogens is 313 g/mol. The van der Waals surface area contributed by atoms with Gasteiger partial charge in [-0.1, -0.05) is 19.4 Å². The topological polar surface area (TPSA) is 38.3 Å². The van der Waals surface area contributed by atoms with Crippen molar-refractivity contribution in [1.82, 2.24) is 5.32 Å². The van der Waals surface area contributed by atoms with E-state index in [9.17, 15) is 9.18 Å². The van der Waals surface area contributed by atoms with Crippen LogP contribution in [0.15, 0.2) is 22.7 Å². The first-order valence-electron chi connectivity index (χ1n) is 6.46. The molecule has 1 rings (SSSR count). The predicted octanol–water partition coefficient (Wildman–Crippen LogP) is 3.52. The molecule has 1 aromatic rings. The maximum Gasteiger partial charge on any atom is 0.252 e. The summed E-state index contributed by atoms with van der Waals surface area (Å²) in [6.45, 7) is 4.03. The van der Waals surface area contributed by atoms with Gasteiger partial charge >= 0.3 is 0 Å². The molecule has 1 amide bonds. The third-order valence-electron chi connectivity index (χ3n) is 2.59. The standard InChI is InChI=1S/C14H19BrFNO2/c1-2-3-9-19-10-5-8-17-14(18)11-6-4-7-12(16)13(11)15/h4,6-7H,2-3,5,8-10H2,1H3,(H,17,18). The molecule has 106 valence electrons. The summed E-state index contributed by atoms with van der Waals surface area (Å²) < 4.78 is 18.8. The van der Waals surface area contributed by atoms with Gasteiger partial charge in [0.15, 0.2) is 0 Å². The van der Waals surface area contributed by atoms with E-state index in [1.807, 2.05) is 0 Å². The Labute approximate surface area is 121 Å². The zero-order valence-electron chi connectivity index (χ0n) is 11.0. The fourth-order valence-corrected chi connectivity index (χ4v) is 1.94. The van der Waals surface area contributed by atoms with Crippen molar-refractivity contribution in [3.63, 3.8) is 0 Å². The normalized spacial score (nSPS) is 10.5. The van der Waals surface area contributed by atoms with Crippen molar-refractivity contribution in [2.75, 3.05) is 19.8 Å². The zero-order valence-corrected chi connectivity index (χ0v) is 12.6. The number of amides is 1. The van der Waals surface area contributed by atoms with Crippen molar-refractivity contribution in [2.24, 2.45) is 0 Å². The number of rotatable bonds is 8. The molecule has 0 spiro atoms. The van der Waals surface area contributed by atoms with Crippen LogP contribution in [0.25, 0.3) is 0 Å². The molecule has 0 aliphatic heterocycles. The highest BCUT2D eigenvalue weighted by molar-refractivity contribution is 9.10. The van der Waals surface area contributed by atoms with Crippen LogP contribution in [0.4, 0.5) is 4.39 Å². The number of halogens is 2. The Morgan fingerprint density at radius 3 is 2.84 bits per heavy atom. The summed E-state index contributed by atoms with van der Waals surface area (Å²) in [6.07, 6.45) is 2.93. The fourth-order valence-electron chi connectivity index (χ4n) is 1.50. The third kappa shape index (κ3) is 5.70. The van der Waals surface area contributed by atoms with E-state index in [0.29, 0.717) is 18.7 Å². The molecular formula is C14H19BrFNO2. The molecule has 1 aromatic carbocycles. The van der Waals surface area contributed by atoms with Gasteiger partial charge in [-0.3, -0.25) is 4.79 Å². The van der Waals surface area contributed by atoms with Crippen molar-refractivity contribution < 1.29 is 13.9 Å². The van der Waals surface area contributed by atoms with Gasteiger partial charge < -0.3 is 10.1 Å². The number of nitrogens with one attached hydrogen (secondary N) is 1. The maximum atomic E-state index is 13.3. The number of carbonyl (C=O) groups excluding carboxylic acids is 1. The molecule has 0 heterocycles. The van der Waals surface area contributed by atoms with Gasteiger partial charge in [0, 0.05) is 19.8 Å². The lowest BCUT2D eigenvalue weighted by atomic mass is 10.2. The quantitative estimate of drug-likeness (QED) is 0.740. The monoisotopic (exact) mass is 331 g/mol. The molecule has 0 atom stereocenters. The molecule has 0 saturated heterocycles. The van der Waals surface area contributed by atoms with Crippen molar-refractivity contribution in [3.8, 4) is 0 Å². The van der Waals surface area contributed by atoms with Gasteiger partial charge in [-0.05, 0) is 40.9 Å². The second-order valence-corrected chi connectivity index (χ2v) is 4.97. The Balaban J connectivity index is 2.26. The van der Waals surface area contributed by atoms with Crippen LogP contribution >= 0.6 is 15.9 Å². The maximum absolute atomic E-state index is 13.3. The van der Waals surface area contributed by atoms with Gasteiger partial charge in [-0.2, -0.15) is 0 Å². The highest BCUT2D eigenvalue weighted by Crippen LogP contribution is 2.20. The van der Waals surface area contributed by atoms with E-state index in [4.69, 9.17) is 4.74 Å². The zero-order chi connectivity index (χ0) is 14.1. The van der Waals surface area contributed by atoms with Crippen LogP contribution in [0, 0.1) is 5.82 Å². The molecule has 19 heavy (non-hydrogen) atoms. The summed E-state index contributed by atoms with van der Waals surface area (Å²) in [5.74, 6) is -0.713. The highest BCUT2D eigenvalue weighted by Gasteiger charge is 2.12. The summed E-state index contributed by atoms with van der Waals surface area (Å²) in [4.78, 5) is 11.8. The first kappa shape index (κ1) is 16.1. The van der Waals surface area contributed by atoms with Crippen LogP contribution in [-0.2, 0) is 4.74 Å². The van der Waals surface area contributed by atoms with Crippen LogP contribution < -0.4 is 5.32 Å². The Bertz CT molecular complexity index is 412. The van der Waals surface area contributed by atoms with Gasteiger partial charge in [0.1, 0.15) is 5.82 Å². The summed E-state index contributed by atoms with van der Waals surface area (Å²) in [7, 11) is 0. The van der Waals surface area contributed by atoms with E-state index in [1.165, 1.54) is 12.1 Å². The minimum atomic E-state index is -0.435. The molecule has 3 nitrogen and oxygen atoms in total. The number of benzene rings is 1. The Morgan fingerprint density at radius 1 is 1.37 bits per heavy atom.